The number of benzene rings is 1. The fraction of sp³-hybridized carbons (Fsp3) is 0.556. The van der Waals surface area contributed by atoms with Gasteiger partial charge in [0.2, 0.25) is 0 Å². The number of fused-ring (bicyclic) bond motifs is 1. The van der Waals surface area contributed by atoms with E-state index >= 15 is 0 Å². The van der Waals surface area contributed by atoms with Gasteiger partial charge < -0.3 is 20.1 Å². The summed E-state index contributed by atoms with van der Waals surface area (Å²) in [6, 6.07) is 7.12. The summed E-state index contributed by atoms with van der Waals surface area (Å²) in [5, 5.41) is 12.4. The largest absolute Gasteiger partial charge is 0.481 e. The second-order valence-corrected chi connectivity index (χ2v) is 7.17. The van der Waals surface area contributed by atoms with Crippen molar-refractivity contribution in [2.24, 2.45) is 5.41 Å². The molecule has 2 aliphatic rings. The average molecular weight is 332 g/mol. The first-order valence-corrected chi connectivity index (χ1v) is 8.29. The summed E-state index contributed by atoms with van der Waals surface area (Å²) < 4.78 is 5.12. The Morgan fingerprint density at radius 1 is 1.33 bits per heavy atom. The Balaban J connectivity index is 1.61. The van der Waals surface area contributed by atoms with Crippen LogP contribution < -0.4 is 5.32 Å². The Morgan fingerprint density at radius 2 is 2.00 bits per heavy atom. The first-order valence-electron chi connectivity index (χ1n) is 8.29. The van der Waals surface area contributed by atoms with Gasteiger partial charge in [-0.25, -0.2) is 4.79 Å². The summed E-state index contributed by atoms with van der Waals surface area (Å²) in [6.07, 6.45) is 1.34. The normalized spacial score (nSPS) is 24.2. The number of ether oxygens (including phenoxy) is 1. The molecular weight excluding hydrogens is 308 g/mol. The number of hydrogen-bond acceptors (Lipinski definition) is 3. The number of nitrogens with one attached hydrogen (secondary N) is 1. The number of carboxylic acids is 1. The number of urea groups is 1. The van der Waals surface area contributed by atoms with Crippen LogP contribution >= 0.6 is 0 Å². The third-order valence-corrected chi connectivity index (χ3v) is 5.16. The van der Waals surface area contributed by atoms with Crippen LogP contribution in [0.5, 0.6) is 0 Å². The fourth-order valence-corrected chi connectivity index (χ4v) is 3.77. The van der Waals surface area contributed by atoms with E-state index in [1.807, 2.05) is 24.3 Å². The summed E-state index contributed by atoms with van der Waals surface area (Å²) >= 11 is 0. The molecule has 0 radical (unpaired) electrons. The van der Waals surface area contributed by atoms with Gasteiger partial charge in [-0.2, -0.15) is 0 Å². The van der Waals surface area contributed by atoms with E-state index in [0.717, 1.165) is 17.5 Å². The SMILES string of the molecule is COCCC1(C)CN(C(=O)NC2CC(C(=O)O)c3ccccc32)C1. The van der Waals surface area contributed by atoms with E-state index in [1.54, 1.807) is 12.0 Å². The monoisotopic (exact) mass is 332 g/mol. The lowest BCUT2D eigenvalue weighted by atomic mass is 9.79. The molecule has 2 atom stereocenters. The Hall–Kier alpha value is -2.08. The Labute approximate surface area is 141 Å². The van der Waals surface area contributed by atoms with Crippen LogP contribution in [0.15, 0.2) is 24.3 Å². The zero-order valence-electron chi connectivity index (χ0n) is 14.1. The number of methoxy groups -OCH3 is 1. The van der Waals surface area contributed by atoms with Gasteiger partial charge >= 0.3 is 12.0 Å². The maximum atomic E-state index is 12.5. The highest BCUT2D eigenvalue weighted by Crippen LogP contribution is 2.41. The Kier molecular flexibility index (Phi) is 4.49. The van der Waals surface area contributed by atoms with E-state index in [1.165, 1.54) is 0 Å². The van der Waals surface area contributed by atoms with Crippen molar-refractivity contribution in [2.45, 2.75) is 31.7 Å². The third kappa shape index (κ3) is 3.11. The van der Waals surface area contributed by atoms with E-state index in [2.05, 4.69) is 12.2 Å². The van der Waals surface area contributed by atoms with Crippen LogP contribution in [0.4, 0.5) is 4.79 Å². The molecule has 0 spiro atoms. The molecule has 6 nitrogen and oxygen atoms in total. The Bertz CT molecular complexity index is 640. The quantitative estimate of drug-likeness (QED) is 0.867. The van der Waals surface area contributed by atoms with Crippen LogP contribution in [0.25, 0.3) is 0 Å². The van der Waals surface area contributed by atoms with Crippen molar-refractivity contribution in [3.8, 4) is 0 Å². The maximum absolute atomic E-state index is 12.5. The van der Waals surface area contributed by atoms with Crippen molar-refractivity contribution >= 4 is 12.0 Å². The van der Waals surface area contributed by atoms with E-state index in [-0.39, 0.29) is 17.5 Å². The van der Waals surface area contributed by atoms with Gasteiger partial charge in [-0.1, -0.05) is 31.2 Å². The molecule has 24 heavy (non-hydrogen) atoms. The number of carbonyl (C=O) groups excluding carboxylic acids is 1. The van der Waals surface area contributed by atoms with Crippen molar-refractivity contribution in [1.82, 2.24) is 10.2 Å². The average Bonchev–Trinajstić information content (AvgIpc) is 2.89. The number of rotatable bonds is 5. The number of carbonyl (C=O) groups is 2. The van der Waals surface area contributed by atoms with Gasteiger partial charge in [0.25, 0.3) is 0 Å². The molecule has 2 N–H and O–H groups in total. The molecule has 1 aliphatic heterocycles. The predicted molar refractivity (Wildman–Crippen MR) is 88.9 cm³/mol. The Morgan fingerprint density at radius 3 is 2.62 bits per heavy atom. The van der Waals surface area contributed by atoms with Gasteiger partial charge in [0.05, 0.1) is 12.0 Å². The molecule has 1 heterocycles. The summed E-state index contributed by atoms with van der Waals surface area (Å²) in [7, 11) is 1.68. The highest BCUT2D eigenvalue weighted by Gasteiger charge is 2.42. The molecule has 1 aromatic rings. The summed E-state index contributed by atoms with van der Waals surface area (Å²) in [4.78, 5) is 25.7. The molecular formula is C18H24N2O4. The molecule has 1 fully saturated rings. The molecule has 6 heteroatoms. The van der Waals surface area contributed by atoms with E-state index in [9.17, 15) is 14.7 Å². The molecule has 1 aliphatic carbocycles. The van der Waals surface area contributed by atoms with Crippen LogP contribution in [-0.2, 0) is 9.53 Å². The van der Waals surface area contributed by atoms with Crippen molar-refractivity contribution in [2.75, 3.05) is 26.8 Å². The minimum atomic E-state index is -0.838. The molecule has 2 unspecified atom stereocenters. The van der Waals surface area contributed by atoms with E-state index in [0.29, 0.717) is 26.1 Å². The minimum Gasteiger partial charge on any atom is -0.481 e. The van der Waals surface area contributed by atoms with Crippen molar-refractivity contribution in [3.63, 3.8) is 0 Å². The van der Waals surface area contributed by atoms with Crippen LogP contribution in [0.1, 0.15) is 42.9 Å². The highest BCUT2D eigenvalue weighted by molar-refractivity contribution is 5.80. The van der Waals surface area contributed by atoms with E-state index in [4.69, 9.17) is 4.74 Å². The summed E-state index contributed by atoms with van der Waals surface area (Å²) in [5.74, 6) is -1.38. The fourth-order valence-electron chi connectivity index (χ4n) is 3.77. The third-order valence-electron chi connectivity index (χ3n) is 5.16. The number of amides is 2. The van der Waals surface area contributed by atoms with Gasteiger partial charge in [-0.3, -0.25) is 4.79 Å². The zero-order chi connectivity index (χ0) is 17.3. The molecule has 1 aromatic carbocycles. The standard InChI is InChI=1S/C18H24N2O4/c1-18(7-8-24-2)10-20(11-18)17(23)19-15-9-14(16(21)22)12-5-3-4-6-13(12)15/h3-6,14-15H,7-11H2,1-2H3,(H,19,23)(H,21,22). The zero-order valence-corrected chi connectivity index (χ0v) is 14.1. The number of hydrogen-bond donors (Lipinski definition) is 2. The van der Waals surface area contributed by atoms with Crippen LogP contribution in [-0.4, -0.2) is 48.8 Å². The van der Waals surface area contributed by atoms with Crippen molar-refractivity contribution in [1.29, 1.82) is 0 Å². The molecule has 0 bridgehead atoms. The molecule has 0 saturated carbocycles. The molecule has 3 rings (SSSR count). The van der Waals surface area contributed by atoms with Crippen molar-refractivity contribution < 1.29 is 19.4 Å². The van der Waals surface area contributed by atoms with E-state index < -0.39 is 11.9 Å². The van der Waals surface area contributed by atoms with Gasteiger partial charge in [-0.05, 0) is 24.0 Å². The molecule has 0 aromatic heterocycles. The highest BCUT2D eigenvalue weighted by atomic mass is 16.5. The topological polar surface area (TPSA) is 78.9 Å². The summed E-state index contributed by atoms with van der Waals surface area (Å²) in [6.45, 7) is 4.27. The minimum absolute atomic E-state index is 0.115. The molecule has 1 saturated heterocycles. The second-order valence-electron chi connectivity index (χ2n) is 7.17. The van der Waals surface area contributed by atoms with Gasteiger partial charge in [-0.15, -0.1) is 0 Å². The number of carboxylic acid groups (broad SMARTS) is 1. The maximum Gasteiger partial charge on any atom is 0.317 e. The predicted octanol–water partition coefficient (Wildman–Crippen LogP) is 2.37. The summed E-state index contributed by atoms with van der Waals surface area (Å²) in [5.41, 5.74) is 1.84. The van der Waals surface area contributed by atoms with Crippen LogP contribution in [0, 0.1) is 5.41 Å². The van der Waals surface area contributed by atoms with Crippen molar-refractivity contribution in [3.05, 3.63) is 35.4 Å². The van der Waals surface area contributed by atoms with Crippen LogP contribution in [0.2, 0.25) is 0 Å². The smallest absolute Gasteiger partial charge is 0.317 e. The number of nitrogens with zero attached hydrogens (tertiary/aromatic N) is 1. The lowest BCUT2D eigenvalue weighted by molar-refractivity contribution is -0.138. The van der Waals surface area contributed by atoms with Crippen LogP contribution in [0.3, 0.4) is 0 Å². The lowest BCUT2D eigenvalue weighted by Gasteiger charge is -2.48. The van der Waals surface area contributed by atoms with Gasteiger partial charge in [0.15, 0.2) is 0 Å². The number of likely N-dealkylation sites (tertiary alicyclic amines) is 1. The molecule has 130 valence electrons. The second kappa shape index (κ2) is 6.43. The molecule has 2 amide bonds. The first kappa shape index (κ1) is 16.8. The van der Waals surface area contributed by atoms with Gasteiger partial charge in [0.1, 0.15) is 0 Å². The van der Waals surface area contributed by atoms with Gasteiger partial charge in [0, 0.05) is 32.2 Å². The first-order chi connectivity index (χ1) is 11.4. The number of aliphatic carboxylic acids is 1. The lowest BCUT2D eigenvalue weighted by Crippen LogP contribution is -2.60.